The monoisotopic (exact) mass is 367 g/mol. The van der Waals surface area contributed by atoms with E-state index in [1.54, 1.807) is 6.20 Å². The number of rotatable bonds is 6. The van der Waals surface area contributed by atoms with Gasteiger partial charge in [0.2, 0.25) is 5.95 Å². The van der Waals surface area contributed by atoms with Crippen LogP contribution in [0.1, 0.15) is 47.8 Å². The molecule has 6 nitrogen and oxygen atoms in total. The van der Waals surface area contributed by atoms with Gasteiger partial charge in [-0.05, 0) is 32.4 Å². The van der Waals surface area contributed by atoms with E-state index in [-0.39, 0.29) is 17.9 Å². The molecule has 0 aliphatic carbocycles. The number of nitrogens with zero attached hydrogens (tertiary/aromatic N) is 4. The largest absolute Gasteiger partial charge is 0.350 e. The summed E-state index contributed by atoms with van der Waals surface area (Å²) in [7, 11) is 3.84. The van der Waals surface area contributed by atoms with E-state index in [0.717, 1.165) is 31.7 Å². The molecule has 1 unspecified atom stereocenters. The Morgan fingerprint density at radius 3 is 2.70 bits per heavy atom. The summed E-state index contributed by atoms with van der Waals surface area (Å²) in [6.07, 6.45) is 2.67. The van der Waals surface area contributed by atoms with Crippen molar-refractivity contribution in [2.75, 3.05) is 32.1 Å². The maximum absolute atomic E-state index is 12.7. The summed E-state index contributed by atoms with van der Waals surface area (Å²) in [6, 6.07) is 10.6. The van der Waals surface area contributed by atoms with E-state index in [9.17, 15) is 4.79 Å². The zero-order chi connectivity index (χ0) is 19.4. The van der Waals surface area contributed by atoms with Crippen LogP contribution in [0.15, 0.2) is 36.5 Å². The van der Waals surface area contributed by atoms with Gasteiger partial charge in [-0.15, -0.1) is 0 Å². The van der Waals surface area contributed by atoms with Crippen molar-refractivity contribution in [3.05, 3.63) is 53.3 Å². The number of carbonyl (C=O) groups is 1. The minimum absolute atomic E-state index is 0.0806. The third kappa shape index (κ3) is 4.83. The van der Waals surface area contributed by atoms with Gasteiger partial charge in [0.05, 0.1) is 11.3 Å². The Morgan fingerprint density at radius 1 is 1.30 bits per heavy atom. The van der Waals surface area contributed by atoms with Crippen molar-refractivity contribution >= 4 is 11.9 Å². The Labute approximate surface area is 161 Å². The number of anilines is 1. The van der Waals surface area contributed by atoms with Gasteiger partial charge in [0.1, 0.15) is 0 Å². The molecule has 0 spiro atoms. The summed E-state index contributed by atoms with van der Waals surface area (Å²) >= 11 is 0. The van der Waals surface area contributed by atoms with E-state index in [2.05, 4.69) is 39.5 Å². The van der Waals surface area contributed by atoms with E-state index in [4.69, 9.17) is 4.98 Å². The SMILES string of the molecule is CC(C)NC(=O)c1cnc(N(C)C)nc1C1CCN(Cc2ccccc2)C1. The van der Waals surface area contributed by atoms with Crippen LogP contribution in [0, 0.1) is 0 Å². The van der Waals surface area contributed by atoms with Crippen molar-refractivity contribution in [2.45, 2.75) is 38.8 Å². The highest BCUT2D eigenvalue weighted by molar-refractivity contribution is 5.95. The van der Waals surface area contributed by atoms with Crippen molar-refractivity contribution in [1.29, 1.82) is 0 Å². The second kappa shape index (κ2) is 8.48. The highest BCUT2D eigenvalue weighted by atomic mass is 16.1. The zero-order valence-electron chi connectivity index (χ0n) is 16.6. The lowest BCUT2D eigenvalue weighted by molar-refractivity contribution is 0.0940. The van der Waals surface area contributed by atoms with Crippen LogP contribution >= 0.6 is 0 Å². The smallest absolute Gasteiger partial charge is 0.254 e. The van der Waals surface area contributed by atoms with E-state index in [1.165, 1.54) is 5.56 Å². The Hall–Kier alpha value is -2.47. The fourth-order valence-corrected chi connectivity index (χ4v) is 3.47. The Bertz CT molecular complexity index is 775. The molecule has 144 valence electrons. The van der Waals surface area contributed by atoms with Crippen LogP contribution in [0.5, 0.6) is 0 Å². The summed E-state index contributed by atoms with van der Waals surface area (Å²) in [5.74, 6) is 0.794. The number of nitrogens with one attached hydrogen (secondary N) is 1. The molecule has 2 aromatic rings. The molecule has 1 saturated heterocycles. The van der Waals surface area contributed by atoms with Crippen molar-refractivity contribution < 1.29 is 4.79 Å². The van der Waals surface area contributed by atoms with Gasteiger partial charge in [0.15, 0.2) is 0 Å². The average Bonchev–Trinajstić information content (AvgIpc) is 3.09. The molecule has 1 fully saturated rings. The first-order valence-corrected chi connectivity index (χ1v) is 9.55. The number of carbonyl (C=O) groups excluding carboxylic acids is 1. The van der Waals surface area contributed by atoms with Gasteiger partial charge in [-0.3, -0.25) is 9.69 Å². The van der Waals surface area contributed by atoms with Gasteiger partial charge >= 0.3 is 0 Å². The van der Waals surface area contributed by atoms with Crippen LogP contribution in [0.3, 0.4) is 0 Å². The standard InChI is InChI=1S/C21H29N5O/c1-15(2)23-20(27)18-12-22-21(25(3)4)24-19(18)17-10-11-26(14-17)13-16-8-6-5-7-9-16/h5-9,12,15,17H,10-11,13-14H2,1-4H3,(H,23,27). The van der Waals surface area contributed by atoms with Crippen molar-refractivity contribution in [2.24, 2.45) is 0 Å². The molecule has 1 aromatic carbocycles. The minimum Gasteiger partial charge on any atom is -0.350 e. The summed E-state index contributed by atoms with van der Waals surface area (Å²) in [6.45, 7) is 6.76. The maximum Gasteiger partial charge on any atom is 0.254 e. The van der Waals surface area contributed by atoms with Crippen LogP contribution in [-0.2, 0) is 6.54 Å². The predicted molar refractivity (Wildman–Crippen MR) is 108 cm³/mol. The molecular weight excluding hydrogens is 338 g/mol. The van der Waals surface area contributed by atoms with Gasteiger partial charge in [0, 0.05) is 45.3 Å². The van der Waals surface area contributed by atoms with Gasteiger partial charge in [-0.25, -0.2) is 9.97 Å². The van der Waals surface area contributed by atoms with Gasteiger partial charge in [-0.1, -0.05) is 30.3 Å². The van der Waals surface area contributed by atoms with E-state index in [1.807, 2.05) is 38.9 Å². The Morgan fingerprint density at radius 2 is 2.04 bits per heavy atom. The lowest BCUT2D eigenvalue weighted by atomic mass is 9.99. The van der Waals surface area contributed by atoms with Crippen molar-refractivity contribution in [3.63, 3.8) is 0 Å². The third-order valence-corrected chi connectivity index (χ3v) is 4.78. The molecule has 3 rings (SSSR count). The predicted octanol–water partition coefficient (Wildman–Crippen LogP) is 2.67. The molecule has 6 heteroatoms. The van der Waals surface area contributed by atoms with E-state index >= 15 is 0 Å². The first kappa shape index (κ1) is 19.3. The first-order valence-electron chi connectivity index (χ1n) is 9.55. The molecule has 1 N–H and O–H groups in total. The quantitative estimate of drug-likeness (QED) is 0.851. The van der Waals surface area contributed by atoms with Gasteiger partial charge in [-0.2, -0.15) is 0 Å². The van der Waals surface area contributed by atoms with Gasteiger partial charge in [0.25, 0.3) is 5.91 Å². The van der Waals surface area contributed by atoms with Crippen LogP contribution in [0.4, 0.5) is 5.95 Å². The van der Waals surface area contributed by atoms with Crippen LogP contribution < -0.4 is 10.2 Å². The zero-order valence-corrected chi connectivity index (χ0v) is 16.6. The molecule has 0 radical (unpaired) electrons. The Balaban J connectivity index is 1.81. The highest BCUT2D eigenvalue weighted by Gasteiger charge is 2.29. The van der Waals surface area contributed by atoms with Crippen LogP contribution in [-0.4, -0.2) is 54.0 Å². The topological polar surface area (TPSA) is 61.4 Å². The molecule has 1 atom stereocenters. The summed E-state index contributed by atoms with van der Waals surface area (Å²) in [5.41, 5.74) is 2.77. The van der Waals surface area contributed by atoms with Crippen LogP contribution in [0.2, 0.25) is 0 Å². The molecule has 1 aromatic heterocycles. The van der Waals surface area contributed by atoms with Gasteiger partial charge < -0.3 is 10.2 Å². The fourth-order valence-electron chi connectivity index (χ4n) is 3.47. The summed E-state index contributed by atoms with van der Waals surface area (Å²) in [4.78, 5) is 26.1. The Kier molecular flexibility index (Phi) is 6.06. The van der Waals surface area contributed by atoms with Crippen LogP contribution in [0.25, 0.3) is 0 Å². The minimum atomic E-state index is -0.0909. The molecule has 1 aliphatic heterocycles. The molecule has 2 heterocycles. The molecule has 0 bridgehead atoms. The second-order valence-corrected chi connectivity index (χ2v) is 7.70. The highest BCUT2D eigenvalue weighted by Crippen LogP contribution is 2.30. The number of benzene rings is 1. The van der Waals surface area contributed by atoms with E-state index < -0.39 is 0 Å². The maximum atomic E-state index is 12.7. The third-order valence-electron chi connectivity index (χ3n) is 4.78. The normalized spacial score (nSPS) is 17.3. The fraction of sp³-hybridized carbons (Fsp3) is 0.476. The lowest BCUT2D eigenvalue weighted by Crippen LogP contribution is -2.32. The van der Waals surface area contributed by atoms with E-state index in [0.29, 0.717) is 11.5 Å². The molecule has 1 amide bonds. The van der Waals surface area contributed by atoms with Crippen molar-refractivity contribution in [1.82, 2.24) is 20.2 Å². The average molecular weight is 367 g/mol. The number of amides is 1. The molecule has 0 saturated carbocycles. The van der Waals surface area contributed by atoms with Crippen molar-refractivity contribution in [3.8, 4) is 0 Å². The molecule has 1 aliphatic rings. The lowest BCUT2D eigenvalue weighted by Gasteiger charge is -2.19. The molecular formula is C21H29N5O. The summed E-state index contributed by atoms with van der Waals surface area (Å²) in [5, 5.41) is 2.98. The number of likely N-dealkylation sites (tertiary alicyclic amines) is 1. The number of aromatic nitrogens is 2. The number of hydrogen-bond donors (Lipinski definition) is 1. The first-order chi connectivity index (χ1) is 12.9. The molecule has 27 heavy (non-hydrogen) atoms. The second-order valence-electron chi connectivity index (χ2n) is 7.70. The summed E-state index contributed by atoms with van der Waals surface area (Å²) < 4.78 is 0. The number of hydrogen-bond acceptors (Lipinski definition) is 5.